The summed E-state index contributed by atoms with van der Waals surface area (Å²) in [6, 6.07) is 1.77. The average Bonchev–Trinajstić information content (AvgIpc) is 2.83. The summed E-state index contributed by atoms with van der Waals surface area (Å²) >= 11 is 6.38. The van der Waals surface area contributed by atoms with Crippen molar-refractivity contribution in [1.82, 2.24) is 10.2 Å². The van der Waals surface area contributed by atoms with E-state index in [0.717, 1.165) is 28.9 Å². The number of aromatic nitrogens is 2. The van der Waals surface area contributed by atoms with Crippen LogP contribution in [-0.2, 0) is 6.42 Å². The Labute approximate surface area is 115 Å². The molecule has 100 valence electrons. The maximum Gasteiger partial charge on any atom is 0.165 e. The van der Waals surface area contributed by atoms with E-state index in [1.54, 1.807) is 12.3 Å². The first-order chi connectivity index (χ1) is 9.22. The van der Waals surface area contributed by atoms with Crippen LogP contribution < -0.4 is 15.2 Å². The number of anilines is 1. The van der Waals surface area contributed by atoms with E-state index in [-0.39, 0.29) is 0 Å². The average molecular weight is 280 g/mol. The van der Waals surface area contributed by atoms with Gasteiger partial charge in [0.2, 0.25) is 0 Å². The van der Waals surface area contributed by atoms with Crippen molar-refractivity contribution < 1.29 is 9.47 Å². The number of ether oxygens (including phenoxy) is 2. The van der Waals surface area contributed by atoms with E-state index in [4.69, 9.17) is 26.8 Å². The van der Waals surface area contributed by atoms with E-state index >= 15 is 0 Å². The van der Waals surface area contributed by atoms with Gasteiger partial charge in [-0.25, -0.2) is 0 Å². The Hall–Kier alpha value is -1.88. The lowest BCUT2D eigenvalue weighted by Gasteiger charge is -2.23. The summed E-state index contributed by atoms with van der Waals surface area (Å²) in [5.41, 5.74) is 8.54. The number of nitrogen functional groups attached to an aromatic ring is 1. The van der Waals surface area contributed by atoms with Crippen molar-refractivity contribution in [3.8, 4) is 22.6 Å². The standard InChI is InChI=1S/C13H14ClN3O2/c1-2-7-11(8-6-16-17-13(8)15)9(14)5-10-12(7)19-4-3-18-10/h5-6H,2-4H2,1H3,(H3,15,16,17). The number of halogens is 1. The fourth-order valence-electron chi connectivity index (χ4n) is 2.34. The molecule has 3 rings (SSSR count). The fourth-order valence-corrected chi connectivity index (χ4v) is 2.66. The van der Waals surface area contributed by atoms with Gasteiger partial charge < -0.3 is 15.2 Å². The normalized spacial score (nSPS) is 13.6. The zero-order valence-corrected chi connectivity index (χ0v) is 11.3. The van der Waals surface area contributed by atoms with Gasteiger partial charge >= 0.3 is 0 Å². The number of fused-ring (bicyclic) bond motifs is 1. The highest BCUT2D eigenvalue weighted by molar-refractivity contribution is 6.34. The van der Waals surface area contributed by atoms with E-state index in [0.29, 0.717) is 29.8 Å². The van der Waals surface area contributed by atoms with Gasteiger partial charge in [-0.05, 0) is 6.42 Å². The predicted molar refractivity (Wildman–Crippen MR) is 73.8 cm³/mol. The number of nitrogens with two attached hydrogens (primary N) is 1. The van der Waals surface area contributed by atoms with Gasteiger partial charge in [-0.3, -0.25) is 5.10 Å². The third-order valence-corrected chi connectivity index (χ3v) is 3.47. The molecule has 2 heterocycles. The highest BCUT2D eigenvalue weighted by atomic mass is 35.5. The summed E-state index contributed by atoms with van der Waals surface area (Å²) in [7, 11) is 0. The van der Waals surface area contributed by atoms with Crippen LogP contribution in [-0.4, -0.2) is 23.4 Å². The third-order valence-electron chi connectivity index (χ3n) is 3.18. The van der Waals surface area contributed by atoms with Crippen LogP contribution in [0.25, 0.3) is 11.1 Å². The molecular weight excluding hydrogens is 266 g/mol. The topological polar surface area (TPSA) is 73.2 Å². The van der Waals surface area contributed by atoms with Gasteiger partial charge in [-0.2, -0.15) is 5.10 Å². The van der Waals surface area contributed by atoms with Crippen molar-refractivity contribution in [2.45, 2.75) is 13.3 Å². The largest absolute Gasteiger partial charge is 0.486 e. The molecule has 6 heteroatoms. The van der Waals surface area contributed by atoms with Crippen LogP contribution >= 0.6 is 11.6 Å². The molecule has 0 amide bonds. The molecule has 0 atom stereocenters. The molecule has 0 fully saturated rings. The first-order valence-corrected chi connectivity index (χ1v) is 6.50. The van der Waals surface area contributed by atoms with Gasteiger partial charge in [0.25, 0.3) is 0 Å². The first kappa shape index (κ1) is 12.2. The zero-order valence-electron chi connectivity index (χ0n) is 10.5. The quantitative estimate of drug-likeness (QED) is 0.886. The SMILES string of the molecule is CCc1c2c(cc(Cl)c1-c1cn[nH]c1N)OCCO2. The number of H-pyrrole nitrogens is 1. The maximum absolute atomic E-state index is 6.38. The monoisotopic (exact) mass is 279 g/mol. The summed E-state index contributed by atoms with van der Waals surface area (Å²) in [6.07, 6.45) is 2.44. The van der Waals surface area contributed by atoms with Crippen molar-refractivity contribution in [3.05, 3.63) is 22.8 Å². The number of hydrogen-bond donors (Lipinski definition) is 2. The van der Waals surface area contributed by atoms with Gasteiger partial charge in [0.15, 0.2) is 11.5 Å². The van der Waals surface area contributed by atoms with Gasteiger partial charge in [-0.15, -0.1) is 0 Å². The van der Waals surface area contributed by atoms with Crippen LogP contribution in [0.1, 0.15) is 12.5 Å². The van der Waals surface area contributed by atoms with Crippen molar-refractivity contribution in [2.24, 2.45) is 0 Å². The van der Waals surface area contributed by atoms with E-state index in [2.05, 4.69) is 10.2 Å². The Morgan fingerprint density at radius 2 is 2.21 bits per heavy atom. The van der Waals surface area contributed by atoms with Crippen LogP contribution in [0.2, 0.25) is 5.02 Å². The highest BCUT2D eigenvalue weighted by Gasteiger charge is 2.23. The van der Waals surface area contributed by atoms with Crippen LogP contribution in [0.3, 0.4) is 0 Å². The van der Waals surface area contributed by atoms with Crippen molar-refractivity contribution >= 4 is 17.4 Å². The molecule has 1 aliphatic heterocycles. The summed E-state index contributed by atoms with van der Waals surface area (Å²) in [6.45, 7) is 3.13. The van der Waals surface area contributed by atoms with Crippen molar-refractivity contribution in [1.29, 1.82) is 0 Å². The van der Waals surface area contributed by atoms with Gasteiger partial charge in [-0.1, -0.05) is 18.5 Å². The summed E-state index contributed by atoms with van der Waals surface area (Å²) in [4.78, 5) is 0. The number of hydrogen-bond acceptors (Lipinski definition) is 4. The predicted octanol–water partition coefficient (Wildman–Crippen LogP) is 2.65. The Balaban J connectivity index is 2.27. The molecular formula is C13H14ClN3O2. The molecule has 2 aromatic rings. The van der Waals surface area contributed by atoms with E-state index in [1.165, 1.54) is 0 Å². The van der Waals surface area contributed by atoms with Gasteiger partial charge in [0, 0.05) is 22.8 Å². The molecule has 0 unspecified atom stereocenters. The lowest BCUT2D eigenvalue weighted by Crippen LogP contribution is -2.17. The van der Waals surface area contributed by atoms with Crippen LogP contribution in [0, 0.1) is 0 Å². The van der Waals surface area contributed by atoms with E-state index in [9.17, 15) is 0 Å². The molecule has 0 saturated carbocycles. The molecule has 0 bridgehead atoms. The Bertz CT molecular complexity index is 625. The lowest BCUT2D eigenvalue weighted by molar-refractivity contribution is 0.170. The van der Waals surface area contributed by atoms with Gasteiger partial charge in [0.05, 0.1) is 11.2 Å². The molecule has 1 aromatic heterocycles. The summed E-state index contributed by atoms with van der Waals surface area (Å²) in [5.74, 6) is 1.95. The number of nitrogens with one attached hydrogen (secondary N) is 1. The van der Waals surface area contributed by atoms with E-state index in [1.807, 2.05) is 6.92 Å². The van der Waals surface area contributed by atoms with Crippen LogP contribution in [0.4, 0.5) is 5.82 Å². The van der Waals surface area contributed by atoms with Crippen LogP contribution in [0.15, 0.2) is 12.3 Å². The van der Waals surface area contributed by atoms with E-state index < -0.39 is 0 Å². The van der Waals surface area contributed by atoms with Crippen LogP contribution in [0.5, 0.6) is 11.5 Å². The maximum atomic E-state index is 6.38. The Morgan fingerprint density at radius 1 is 1.42 bits per heavy atom. The minimum Gasteiger partial charge on any atom is -0.486 e. The second-order valence-corrected chi connectivity index (χ2v) is 4.69. The second kappa shape index (κ2) is 4.66. The summed E-state index contributed by atoms with van der Waals surface area (Å²) < 4.78 is 11.3. The minimum atomic E-state index is 0.494. The molecule has 1 aliphatic rings. The molecule has 0 saturated heterocycles. The smallest absolute Gasteiger partial charge is 0.165 e. The molecule has 0 aliphatic carbocycles. The van der Waals surface area contributed by atoms with Crippen molar-refractivity contribution in [3.63, 3.8) is 0 Å². The zero-order chi connectivity index (χ0) is 13.4. The minimum absolute atomic E-state index is 0.494. The van der Waals surface area contributed by atoms with Gasteiger partial charge in [0.1, 0.15) is 19.0 Å². The fraction of sp³-hybridized carbons (Fsp3) is 0.308. The molecule has 5 nitrogen and oxygen atoms in total. The Morgan fingerprint density at radius 3 is 2.89 bits per heavy atom. The molecule has 1 aromatic carbocycles. The second-order valence-electron chi connectivity index (χ2n) is 4.29. The lowest BCUT2D eigenvalue weighted by atomic mass is 9.98. The molecule has 0 spiro atoms. The number of rotatable bonds is 2. The first-order valence-electron chi connectivity index (χ1n) is 6.12. The molecule has 3 N–H and O–H groups in total. The number of aromatic amines is 1. The number of nitrogens with zero attached hydrogens (tertiary/aromatic N) is 1. The summed E-state index contributed by atoms with van der Waals surface area (Å²) in [5, 5.41) is 7.26. The Kier molecular flexibility index (Phi) is 2.98. The highest BCUT2D eigenvalue weighted by Crippen LogP contribution is 2.45. The number of benzene rings is 1. The third kappa shape index (κ3) is 1.90. The molecule has 19 heavy (non-hydrogen) atoms. The van der Waals surface area contributed by atoms with Crippen molar-refractivity contribution in [2.75, 3.05) is 18.9 Å². The molecule has 0 radical (unpaired) electrons.